The SMILES string of the molecule is COCCNC(=O)c1cccc(NC(=S)NC(=O)c2cccc(OCCc3ccccc3)c2)c1. The summed E-state index contributed by atoms with van der Waals surface area (Å²) < 4.78 is 10.7. The third-order valence-electron chi connectivity index (χ3n) is 4.80. The second-order valence-electron chi connectivity index (χ2n) is 7.35. The topological polar surface area (TPSA) is 88.7 Å². The van der Waals surface area contributed by atoms with Gasteiger partial charge >= 0.3 is 0 Å². The smallest absolute Gasteiger partial charge is 0.257 e. The van der Waals surface area contributed by atoms with E-state index in [2.05, 4.69) is 16.0 Å². The van der Waals surface area contributed by atoms with Gasteiger partial charge < -0.3 is 20.1 Å². The first-order valence-corrected chi connectivity index (χ1v) is 11.2. The van der Waals surface area contributed by atoms with E-state index >= 15 is 0 Å². The highest BCUT2D eigenvalue weighted by molar-refractivity contribution is 7.80. The highest BCUT2D eigenvalue weighted by Gasteiger charge is 2.11. The average molecular weight is 478 g/mol. The maximum absolute atomic E-state index is 12.6. The van der Waals surface area contributed by atoms with Crippen molar-refractivity contribution in [2.24, 2.45) is 0 Å². The Morgan fingerprint density at radius 2 is 1.59 bits per heavy atom. The maximum Gasteiger partial charge on any atom is 0.257 e. The molecule has 0 saturated heterocycles. The van der Waals surface area contributed by atoms with Gasteiger partial charge in [-0.05, 0) is 54.2 Å². The van der Waals surface area contributed by atoms with Gasteiger partial charge in [0, 0.05) is 36.9 Å². The molecule has 0 aliphatic rings. The summed E-state index contributed by atoms with van der Waals surface area (Å²) in [4.78, 5) is 24.8. The molecule has 3 aromatic rings. The van der Waals surface area contributed by atoms with Gasteiger partial charge in [-0.1, -0.05) is 42.5 Å². The number of hydrogen-bond donors (Lipinski definition) is 3. The number of rotatable bonds is 10. The Kier molecular flexibility index (Phi) is 9.57. The molecule has 0 aliphatic carbocycles. The van der Waals surface area contributed by atoms with E-state index in [0.717, 1.165) is 6.42 Å². The fraction of sp³-hybridized carbons (Fsp3) is 0.192. The largest absolute Gasteiger partial charge is 0.493 e. The lowest BCUT2D eigenvalue weighted by molar-refractivity contribution is 0.0935. The van der Waals surface area contributed by atoms with E-state index in [0.29, 0.717) is 42.3 Å². The number of benzene rings is 3. The van der Waals surface area contributed by atoms with Crippen molar-refractivity contribution < 1.29 is 19.1 Å². The van der Waals surface area contributed by atoms with Gasteiger partial charge in [-0.3, -0.25) is 14.9 Å². The van der Waals surface area contributed by atoms with Gasteiger partial charge in [-0.2, -0.15) is 0 Å². The van der Waals surface area contributed by atoms with Crippen molar-refractivity contribution in [1.82, 2.24) is 10.6 Å². The van der Waals surface area contributed by atoms with Crippen LogP contribution in [0.1, 0.15) is 26.3 Å². The number of carbonyl (C=O) groups is 2. The predicted molar refractivity (Wildman–Crippen MR) is 136 cm³/mol. The first kappa shape index (κ1) is 24.9. The van der Waals surface area contributed by atoms with Gasteiger partial charge in [0.15, 0.2) is 5.11 Å². The first-order chi connectivity index (χ1) is 16.5. The number of anilines is 1. The van der Waals surface area contributed by atoms with Crippen LogP contribution in [0.2, 0.25) is 0 Å². The number of hydrogen-bond acceptors (Lipinski definition) is 5. The molecule has 0 aromatic heterocycles. The summed E-state index contributed by atoms with van der Waals surface area (Å²) in [6.07, 6.45) is 0.773. The van der Waals surface area contributed by atoms with E-state index in [4.69, 9.17) is 21.7 Å². The number of nitrogens with one attached hydrogen (secondary N) is 3. The quantitative estimate of drug-likeness (QED) is 0.304. The van der Waals surface area contributed by atoms with Crippen LogP contribution < -0.4 is 20.7 Å². The molecule has 3 aromatic carbocycles. The van der Waals surface area contributed by atoms with Crippen LogP contribution in [-0.4, -0.2) is 43.8 Å². The van der Waals surface area contributed by atoms with Gasteiger partial charge in [0.2, 0.25) is 0 Å². The molecule has 3 rings (SSSR count). The second kappa shape index (κ2) is 13.1. The fourth-order valence-corrected chi connectivity index (χ4v) is 3.31. The Labute approximate surface area is 204 Å². The summed E-state index contributed by atoms with van der Waals surface area (Å²) in [5, 5.41) is 8.47. The number of ether oxygens (including phenoxy) is 2. The molecule has 3 N–H and O–H groups in total. The van der Waals surface area contributed by atoms with E-state index in [1.807, 2.05) is 36.4 Å². The highest BCUT2D eigenvalue weighted by Crippen LogP contribution is 2.15. The molecule has 176 valence electrons. The minimum Gasteiger partial charge on any atom is -0.493 e. The van der Waals surface area contributed by atoms with Crippen molar-refractivity contribution in [3.8, 4) is 5.75 Å². The van der Waals surface area contributed by atoms with Gasteiger partial charge in [-0.15, -0.1) is 0 Å². The number of methoxy groups -OCH3 is 1. The van der Waals surface area contributed by atoms with Crippen LogP contribution in [0.25, 0.3) is 0 Å². The zero-order valence-electron chi connectivity index (χ0n) is 18.9. The fourth-order valence-electron chi connectivity index (χ4n) is 3.10. The first-order valence-electron chi connectivity index (χ1n) is 10.8. The molecule has 0 fully saturated rings. The summed E-state index contributed by atoms with van der Waals surface area (Å²) >= 11 is 5.27. The Morgan fingerprint density at radius 1 is 0.853 bits per heavy atom. The minimum absolute atomic E-state index is 0.123. The average Bonchev–Trinajstić information content (AvgIpc) is 2.85. The van der Waals surface area contributed by atoms with E-state index in [1.165, 1.54) is 5.56 Å². The molecule has 8 heteroatoms. The molecule has 0 unspecified atom stereocenters. The summed E-state index contributed by atoms with van der Waals surface area (Å²) in [7, 11) is 1.57. The Hall–Kier alpha value is -3.75. The summed E-state index contributed by atoms with van der Waals surface area (Å²) in [5.74, 6) is 0.0221. The Balaban J connectivity index is 1.51. The molecule has 0 spiro atoms. The van der Waals surface area contributed by atoms with Crippen molar-refractivity contribution in [2.75, 3.05) is 32.2 Å². The Bertz CT molecular complexity index is 1120. The normalized spacial score (nSPS) is 10.3. The van der Waals surface area contributed by atoms with Crippen LogP contribution in [0.3, 0.4) is 0 Å². The lowest BCUT2D eigenvalue weighted by atomic mass is 10.1. The number of amides is 2. The molecular formula is C26H27N3O4S. The van der Waals surface area contributed by atoms with Crippen molar-refractivity contribution in [1.29, 1.82) is 0 Å². The lowest BCUT2D eigenvalue weighted by Crippen LogP contribution is -2.34. The lowest BCUT2D eigenvalue weighted by Gasteiger charge is -2.12. The van der Waals surface area contributed by atoms with Crippen LogP contribution in [0, 0.1) is 0 Å². The van der Waals surface area contributed by atoms with Gasteiger partial charge in [0.1, 0.15) is 5.75 Å². The molecule has 0 bridgehead atoms. The summed E-state index contributed by atoms with van der Waals surface area (Å²) in [5.41, 5.74) is 2.66. The van der Waals surface area contributed by atoms with E-state index in [1.54, 1.807) is 49.6 Å². The van der Waals surface area contributed by atoms with Crippen molar-refractivity contribution in [2.45, 2.75) is 6.42 Å². The molecule has 0 aliphatic heterocycles. The van der Waals surface area contributed by atoms with E-state index < -0.39 is 0 Å². The molecule has 34 heavy (non-hydrogen) atoms. The van der Waals surface area contributed by atoms with E-state index in [-0.39, 0.29) is 16.9 Å². The number of carbonyl (C=O) groups excluding carboxylic acids is 2. The highest BCUT2D eigenvalue weighted by atomic mass is 32.1. The minimum atomic E-state index is -0.362. The van der Waals surface area contributed by atoms with Crippen molar-refractivity contribution in [3.05, 3.63) is 95.6 Å². The molecule has 0 radical (unpaired) electrons. The molecule has 7 nitrogen and oxygen atoms in total. The predicted octanol–water partition coefficient (Wildman–Crippen LogP) is 3.81. The maximum atomic E-state index is 12.6. The molecule has 2 amide bonds. The van der Waals surface area contributed by atoms with Crippen molar-refractivity contribution >= 4 is 34.8 Å². The second-order valence-corrected chi connectivity index (χ2v) is 7.76. The summed E-state index contributed by atoms with van der Waals surface area (Å²) in [6, 6.07) is 23.8. The van der Waals surface area contributed by atoms with Crippen LogP contribution in [-0.2, 0) is 11.2 Å². The monoisotopic (exact) mass is 477 g/mol. The Morgan fingerprint density at radius 3 is 2.35 bits per heavy atom. The zero-order chi connectivity index (χ0) is 24.2. The van der Waals surface area contributed by atoms with Gasteiger partial charge in [0.05, 0.1) is 13.2 Å². The zero-order valence-corrected chi connectivity index (χ0v) is 19.7. The third kappa shape index (κ3) is 7.99. The van der Waals surface area contributed by atoms with Crippen LogP contribution in [0.15, 0.2) is 78.9 Å². The molecular weight excluding hydrogens is 450 g/mol. The molecule has 0 atom stereocenters. The van der Waals surface area contributed by atoms with Gasteiger partial charge in [0.25, 0.3) is 11.8 Å². The van der Waals surface area contributed by atoms with Crippen molar-refractivity contribution in [3.63, 3.8) is 0 Å². The summed E-state index contributed by atoms with van der Waals surface area (Å²) in [6.45, 7) is 1.35. The van der Waals surface area contributed by atoms with Gasteiger partial charge in [-0.25, -0.2) is 0 Å². The molecule has 0 saturated carbocycles. The standard InChI is InChI=1S/C26H27N3O4S/c1-32-16-14-27-24(30)20-9-5-11-22(17-20)28-26(34)29-25(31)21-10-6-12-23(18-21)33-15-13-19-7-3-2-4-8-19/h2-12,17-18H,13-16H2,1H3,(H,27,30)(H2,28,29,31,34). The number of thiocarbonyl (C=S) groups is 1. The molecule has 0 heterocycles. The van der Waals surface area contributed by atoms with E-state index in [9.17, 15) is 9.59 Å². The third-order valence-corrected chi connectivity index (χ3v) is 5.00. The van der Waals surface area contributed by atoms with Crippen LogP contribution >= 0.6 is 12.2 Å². The van der Waals surface area contributed by atoms with Crippen LogP contribution in [0.5, 0.6) is 5.75 Å². The van der Waals surface area contributed by atoms with Crippen LogP contribution in [0.4, 0.5) is 5.69 Å².